The smallest absolute Gasteiger partial charge is 0.170 e. The van der Waals surface area contributed by atoms with Gasteiger partial charge < -0.3 is 14.8 Å². The highest BCUT2D eigenvalue weighted by molar-refractivity contribution is 7.80. The number of rotatable bonds is 5. The Morgan fingerprint density at radius 3 is 2.52 bits per heavy atom. The van der Waals surface area contributed by atoms with E-state index in [1.165, 1.54) is 22.5 Å². The third-order valence-corrected chi connectivity index (χ3v) is 6.72. The molecule has 31 heavy (non-hydrogen) atoms. The summed E-state index contributed by atoms with van der Waals surface area (Å²) in [6.07, 6.45) is 1.85. The number of hydrogen-bond donors (Lipinski definition) is 1. The van der Waals surface area contributed by atoms with Gasteiger partial charge in [-0.3, -0.25) is 4.98 Å². The van der Waals surface area contributed by atoms with Crippen molar-refractivity contribution < 1.29 is 0 Å². The first-order valence-corrected chi connectivity index (χ1v) is 11.5. The quantitative estimate of drug-likeness (QED) is 0.475. The van der Waals surface area contributed by atoms with Crippen LogP contribution >= 0.6 is 23.8 Å². The van der Waals surface area contributed by atoms with Crippen LogP contribution in [0.3, 0.4) is 0 Å². The summed E-state index contributed by atoms with van der Waals surface area (Å²) >= 11 is 12.1. The molecule has 2 aromatic heterocycles. The molecule has 6 heteroatoms. The van der Waals surface area contributed by atoms with Crippen LogP contribution in [-0.2, 0) is 0 Å². The Morgan fingerprint density at radius 1 is 1.10 bits per heavy atom. The molecule has 0 bridgehead atoms. The van der Waals surface area contributed by atoms with Gasteiger partial charge in [0.1, 0.15) is 0 Å². The number of pyridine rings is 1. The molecular weight excluding hydrogens is 424 g/mol. The second-order valence-electron chi connectivity index (χ2n) is 8.70. The van der Waals surface area contributed by atoms with Crippen molar-refractivity contribution >= 4 is 28.9 Å². The Kier molecular flexibility index (Phi) is 6.09. The van der Waals surface area contributed by atoms with E-state index >= 15 is 0 Å². The molecule has 0 saturated carbocycles. The molecule has 1 N–H and O–H groups in total. The molecule has 1 aliphatic heterocycles. The Hall–Kier alpha value is -2.37. The maximum absolute atomic E-state index is 6.32. The number of thiocarbonyl (C=S) groups is 1. The van der Waals surface area contributed by atoms with E-state index < -0.39 is 0 Å². The minimum absolute atomic E-state index is 0.000499. The molecule has 4 rings (SSSR count). The normalized spacial score (nSPS) is 18.7. The third-order valence-electron chi connectivity index (χ3n) is 6.13. The van der Waals surface area contributed by atoms with Crippen LogP contribution < -0.4 is 5.32 Å². The van der Waals surface area contributed by atoms with E-state index in [1.54, 1.807) is 0 Å². The number of hydrogen-bond acceptors (Lipinski definition) is 2. The molecule has 1 saturated heterocycles. The maximum atomic E-state index is 6.32. The van der Waals surface area contributed by atoms with Gasteiger partial charge in [-0.1, -0.05) is 37.6 Å². The number of aromatic nitrogens is 2. The van der Waals surface area contributed by atoms with Gasteiger partial charge in [-0.15, -0.1) is 0 Å². The van der Waals surface area contributed by atoms with Gasteiger partial charge in [0, 0.05) is 40.4 Å². The number of nitrogens with zero attached hydrogens (tertiary/aromatic N) is 3. The molecule has 0 radical (unpaired) electrons. The molecule has 1 aliphatic rings. The summed E-state index contributed by atoms with van der Waals surface area (Å²) in [7, 11) is 0. The van der Waals surface area contributed by atoms with Crippen LogP contribution in [-0.4, -0.2) is 26.1 Å². The van der Waals surface area contributed by atoms with E-state index in [1.807, 2.05) is 36.5 Å². The predicted octanol–water partition coefficient (Wildman–Crippen LogP) is 6.08. The molecule has 4 nitrogen and oxygen atoms in total. The van der Waals surface area contributed by atoms with Crippen molar-refractivity contribution in [1.29, 1.82) is 0 Å². The lowest BCUT2D eigenvalue weighted by Crippen LogP contribution is -2.33. The summed E-state index contributed by atoms with van der Waals surface area (Å²) in [6.45, 7) is 11.9. The van der Waals surface area contributed by atoms with Crippen molar-refractivity contribution in [3.05, 3.63) is 81.9 Å². The molecule has 2 atom stereocenters. The maximum Gasteiger partial charge on any atom is 0.170 e. The summed E-state index contributed by atoms with van der Waals surface area (Å²) in [5.41, 5.74) is 7.10. The van der Waals surface area contributed by atoms with Crippen molar-refractivity contribution in [3.63, 3.8) is 0 Å². The van der Waals surface area contributed by atoms with Gasteiger partial charge in [0.25, 0.3) is 0 Å². The van der Waals surface area contributed by atoms with Crippen molar-refractivity contribution in [3.8, 4) is 5.69 Å². The van der Waals surface area contributed by atoms with Gasteiger partial charge in [-0.25, -0.2) is 0 Å². The molecule has 3 heterocycles. The first-order valence-electron chi connectivity index (χ1n) is 10.7. The first-order chi connectivity index (χ1) is 14.8. The Morgan fingerprint density at radius 2 is 1.87 bits per heavy atom. The van der Waals surface area contributed by atoms with Crippen LogP contribution in [0, 0.1) is 26.7 Å². The van der Waals surface area contributed by atoms with Crippen molar-refractivity contribution in [2.45, 2.75) is 46.7 Å². The highest BCUT2D eigenvalue weighted by atomic mass is 35.5. The summed E-state index contributed by atoms with van der Waals surface area (Å²) in [4.78, 5) is 7.01. The average Bonchev–Trinajstić information content (AvgIpc) is 3.15. The summed E-state index contributed by atoms with van der Waals surface area (Å²) in [5, 5.41) is 5.10. The zero-order chi connectivity index (χ0) is 22.3. The topological polar surface area (TPSA) is 33.1 Å². The van der Waals surface area contributed by atoms with Gasteiger partial charge in [0.05, 0.1) is 17.8 Å². The second kappa shape index (κ2) is 8.64. The Bertz CT molecular complexity index is 1110. The van der Waals surface area contributed by atoms with Gasteiger partial charge in [0.2, 0.25) is 0 Å². The van der Waals surface area contributed by atoms with E-state index in [0.29, 0.717) is 5.92 Å². The second-order valence-corrected chi connectivity index (χ2v) is 9.52. The number of benzene rings is 1. The van der Waals surface area contributed by atoms with Gasteiger partial charge in [-0.2, -0.15) is 0 Å². The van der Waals surface area contributed by atoms with E-state index in [2.05, 4.69) is 66.5 Å². The standard InChI is InChI=1S/C25H29ClN4S/c1-15(2)14-29-24(23(28-25(29)31)21-11-6-7-12-27-21)22-16(3)17(4)30(18(22)5)20-10-8-9-19(26)13-20/h6-13,15,23-24H,14H2,1-5H3,(H,28,31)/t23-,24+/m0/s1. The van der Waals surface area contributed by atoms with Crippen molar-refractivity contribution in [2.75, 3.05) is 6.54 Å². The Labute approximate surface area is 195 Å². The minimum atomic E-state index is -0.000499. The lowest BCUT2D eigenvalue weighted by atomic mass is 9.93. The highest BCUT2D eigenvalue weighted by Gasteiger charge is 2.42. The van der Waals surface area contributed by atoms with Gasteiger partial charge in [-0.05, 0) is 74.8 Å². The van der Waals surface area contributed by atoms with E-state index in [0.717, 1.165) is 28.1 Å². The zero-order valence-corrected chi connectivity index (χ0v) is 20.3. The SMILES string of the molecule is Cc1c([C@@H]2[C@H](c3ccccn3)NC(=S)N2CC(C)C)c(C)n(-c2cccc(Cl)c2)c1C. The fourth-order valence-electron chi connectivity index (χ4n) is 4.75. The lowest BCUT2D eigenvalue weighted by Gasteiger charge is -2.30. The van der Waals surface area contributed by atoms with Crippen LogP contribution in [0.1, 0.15) is 54.1 Å². The molecule has 0 unspecified atom stereocenters. The largest absolute Gasteiger partial charge is 0.352 e. The summed E-state index contributed by atoms with van der Waals surface area (Å²) in [6, 6.07) is 14.2. The fourth-order valence-corrected chi connectivity index (χ4v) is 5.25. The van der Waals surface area contributed by atoms with Crippen LogP contribution in [0.25, 0.3) is 5.69 Å². The molecule has 1 aromatic carbocycles. The van der Waals surface area contributed by atoms with E-state index in [9.17, 15) is 0 Å². The first kappa shape index (κ1) is 21.8. The van der Waals surface area contributed by atoms with Gasteiger partial charge >= 0.3 is 0 Å². The zero-order valence-electron chi connectivity index (χ0n) is 18.7. The van der Waals surface area contributed by atoms with Crippen LogP contribution in [0.5, 0.6) is 0 Å². The van der Waals surface area contributed by atoms with Crippen LogP contribution in [0.4, 0.5) is 0 Å². The van der Waals surface area contributed by atoms with Gasteiger partial charge in [0.15, 0.2) is 5.11 Å². The Balaban J connectivity index is 1.90. The fraction of sp³-hybridized carbons (Fsp3) is 0.360. The molecule has 0 spiro atoms. The van der Waals surface area contributed by atoms with E-state index in [-0.39, 0.29) is 12.1 Å². The molecular formula is C25H29ClN4S. The molecule has 1 fully saturated rings. The summed E-state index contributed by atoms with van der Waals surface area (Å²) in [5.74, 6) is 0.487. The molecule has 162 valence electrons. The van der Waals surface area contributed by atoms with Crippen molar-refractivity contribution in [2.24, 2.45) is 5.92 Å². The monoisotopic (exact) mass is 452 g/mol. The molecule has 3 aromatic rings. The van der Waals surface area contributed by atoms with Crippen molar-refractivity contribution in [1.82, 2.24) is 19.8 Å². The number of nitrogens with one attached hydrogen (secondary N) is 1. The molecule has 0 aliphatic carbocycles. The van der Waals surface area contributed by atoms with E-state index in [4.69, 9.17) is 23.8 Å². The average molecular weight is 453 g/mol. The predicted molar refractivity (Wildman–Crippen MR) is 132 cm³/mol. The lowest BCUT2D eigenvalue weighted by molar-refractivity contribution is 0.286. The third kappa shape index (κ3) is 3.97. The highest BCUT2D eigenvalue weighted by Crippen LogP contribution is 2.43. The van der Waals surface area contributed by atoms with Crippen LogP contribution in [0.2, 0.25) is 5.02 Å². The van der Waals surface area contributed by atoms with Crippen LogP contribution in [0.15, 0.2) is 48.7 Å². The molecule has 0 amide bonds. The summed E-state index contributed by atoms with van der Waals surface area (Å²) < 4.78 is 2.31. The number of halogens is 1. The minimum Gasteiger partial charge on any atom is -0.352 e.